The van der Waals surface area contributed by atoms with Crippen LogP contribution in [0, 0.1) is 0 Å². The quantitative estimate of drug-likeness (QED) is 0.683. The van der Waals surface area contributed by atoms with Crippen molar-refractivity contribution in [3.8, 4) is 5.75 Å². The van der Waals surface area contributed by atoms with Crippen molar-refractivity contribution in [3.63, 3.8) is 0 Å². The van der Waals surface area contributed by atoms with Crippen LogP contribution < -0.4 is 15.6 Å². The van der Waals surface area contributed by atoms with E-state index in [9.17, 15) is 9.59 Å². The number of aliphatic hydroxyl groups is 1. The minimum Gasteiger partial charge on any atom is -0.495 e. The molecule has 8 nitrogen and oxygen atoms in total. The first kappa shape index (κ1) is 17.6. The zero-order valence-corrected chi connectivity index (χ0v) is 14.2. The Morgan fingerprint density at radius 1 is 1.27 bits per heavy atom. The molecule has 0 spiro atoms. The van der Waals surface area contributed by atoms with Gasteiger partial charge in [0.05, 0.1) is 55.8 Å². The zero-order chi connectivity index (χ0) is 18.5. The summed E-state index contributed by atoms with van der Waals surface area (Å²) in [6.07, 6.45) is 3.03. The second kappa shape index (κ2) is 7.75. The standard InChI is InChI=1S/C18H18N4O4/c1-26-13-8-12(10-19-11-13)20-17(24)9-16-14-4-2-3-5-15(14)18(25)22(21-16)6-7-23/h2-5,8,10-11,23H,6-7,9H2,1H3,(H,20,24). The van der Waals surface area contributed by atoms with Gasteiger partial charge in [0.2, 0.25) is 5.91 Å². The molecule has 8 heteroatoms. The van der Waals surface area contributed by atoms with Gasteiger partial charge in [-0.25, -0.2) is 4.68 Å². The van der Waals surface area contributed by atoms with Crippen molar-refractivity contribution in [1.29, 1.82) is 0 Å². The summed E-state index contributed by atoms with van der Waals surface area (Å²) < 4.78 is 6.26. The summed E-state index contributed by atoms with van der Waals surface area (Å²) in [6, 6.07) is 8.62. The highest BCUT2D eigenvalue weighted by Gasteiger charge is 2.14. The van der Waals surface area contributed by atoms with Crippen molar-refractivity contribution < 1.29 is 14.6 Å². The van der Waals surface area contributed by atoms with Gasteiger partial charge in [0, 0.05) is 11.5 Å². The maximum absolute atomic E-state index is 12.4. The number of ether oxygens (including phenoxy) is 1. The van der Waals surface area contributed by atoms with Crippen molar-refractivity contribution in [2.24, 2.45) is 0 Å². The highest BCUT2D eigenvalue weighted by Crippen LogP contribution is 2.17. The van der Waals surface area contributed by atoms with Gasteiger partial charge in [0.15, 0.2) is 0 Å². The molecule has 0 aliphatic carbocycles. The van der Waals surface area contributed by atoms with Gasteiger partial charge in [-0.05, 0) is 6.07 Å². The van der Waals surface area contributed by atoms with Crippen LogP contribution in [0.1, 0.15) is 5.69 Å². The Morgan fingerprint density at radius 3 is 2.77 bits per heavy atom. The van der Waals surface area contributed by atoms with E-state index >= 15 is 0 Å². The molecule has 26 heavy (non-hydrogen) atoms. The first-order chi connectivity index (χ1) is 12.6. The number of amides is 1. The van der Waals surface area contributed by atoms with Crippen LogP contribution in [0.2, 0.25) is 0 Å². The lowest BCUT2D eigenvalue weighted by atomic mass is 10.1. The Morgan fingerprint density at radius 2 is 2.04 bits per heavy atom. The maximum Gasteiger partial charge on any atom is 0.274 e. The average molecular weight is 354 g/mol. The van der Waals surface area contributed by atoms with Crippen molar-refractivity contribution in [2.75, 3.05) is 19.0 Å². The van der Waals surface area contributed by atoms with E-state index < -0.39 is 0 Å². The number of benzene rings is 1. The largest absolute Gasteiger partial charge is 0.495 e. The molecule has 0 aliphatic rings. The Hall–Kier alpha value is -3.26. The van der Waals surface area contributed by atoms with E-state index in [1.165, 1.54) is 24.2 Å². The first-order valence-corrected chi connectivity index (χ1v) is 8.01. The van der Waals surface area contributed by atoms with Gasteiger partial charge in [0.1, 0.15) is 5.75 Å². The summed E-state index contributed by atoms with van der Waals surface area (Å²) in [5.41, 5.74) is 0.667. The molecule has 0 bridgehead atoms. The van der Waals surface area contributed by atoms with E-state index in [0.29, 0.717) is 27.9 Å². The van der Waals surface area contributed by atoms with E-state index in [4.69, 9.17) is 9.84 Å². The van der Waals surface area contributed by atoms with Gasteiger partial charge >= 0.3 is 0 Å². The topological polar surface area (TPSA) is 106 Å². The summed E-state index contributed by atoms with van der Waals surface area (Å²) in [4.78, 5) is 28.8. The normalized spacial score (nSPS) is 10.7. The van der Waals surface area contributed by atoms with Crippen LogP contribution in [0.4, 0.5) is 5.69 Å². The van der Waals surface area contributed by atoms with Gasteiger partial charge in [0.25, 0.3) is 5.56 Å². The van der Waals surface area contributed by atoms with E-state index in [0.717, 1.165) is 0 Å². The third-order valence-corrected chi connectivity index (χ3v) is 3.82. The molecular weight excluding hydrogens is 336 g/mol. The fraction of sp³-hybridized carbons (Fsp3) is 0.222. The summed E-state index contributed by atoms with van der Waals surface area (Å²) >= 11 is 0. The van der Waals surface area contributed by atoms with Gasteiger partial charge in [-0.1, -0.05) is 18.2 Å². The van der Waals surface area contributed by atoms with Crippen LogP contribution in [0.25, 0.3) is 10.8 Å². The number of nitrogens with one attached hydrogen (secondary N) is 1. The van der Waals surface area contributed by atoms with Crippen LogP contribution in [0.3, 0.4) is 0 Å². The molecule has 0 saturated carbocycles. The lowest BCUT2D eigenvalue weighted by Crippen LogP contribution is -2.27. The second-order valence-electron chi connectivity index (χ2n) is 5.58. The fourth-order valence-corrected chi connectivity index (χ4v) is 2.64. The van der Waals surface area contributed by atoms with Crippen LogP contribution >= 0.6 is 0 Å². The molecule has 0 radical (unpaired) electrons. The molecule has 0 aliphatic heterocycles. The number of rotatable bonds is 6. The van der Waals surface area contributed by atoms with Gasteiger partial charge in [-0.15, -0.1) is 0 Å². The summed E-state index contributed by atoms with van der Waals surface area (Å²) in [5.74, 6) is 0.231. The highest BCUT2D eigenvalue weighted by atomic mass is 16.5. The SMILES string of the molecule is COc1cncc(NC(=O)Cc2nn(CCO)c(=O)c3ccccc23)c1. The predicted molar refractivity (Wildman–Crippen MR) is 96.2 cm³/mol. The lowest BCUT2D eigenvalue weighted by Gasteiger charge is -2.11. The van der Waals surface area contributed by atoms with Crippen LogP contribution in [0.5, 0.6) is 5.75 Å². The number of carbonyl (C=O) groups excluding carboxylic acids is 1. The molecule has 2 heterocycles. The summed E-state index contributed by atoms with van der Waals surface area (Å²) in [5, 5.41) is 17.2. The summed E-state index contributed by atoms with van der Waals surface area (Å²) in [6.45, 7) is -0.148. The zero-order valence-electron chi connectivity index (χ0n) is 14.2. The van der Waals surface area contributed by atoms with Crippen molar-refractivity contribution >= 4 is 22.4 Å². The number of anilines is 1. The third-order valence-electron chi connectivity index (χ3n) is 3.82. The molecule has 0 fully saturated rings. The fourth-order valence-electron chi connectivity index (χ4n) is 2.64. The van der Waals surface area contributed by atoms with Crippen molar-refractivity contribution in [3.05, 3.63) is 58.8 Å². The smallest absolute Gasteiger partial charge is 0.274 e. The van der Waals surface area contributed by atoms with E-state index in [1.807, 2.05) is 0 Å². The number of hydrogen-bond donors (Lipinski definition) is 2. The minimum atomic E-state index is -0.299. The molecule has 2 N–H and O–H groups in total. The molecule has 2 aromatic heterocycles. The van der Waals surface area contributed by atoms with Crippen LogP contribution in [0.15, 0.2) is 47.5 Å². The summed E-state index contributed by atoms with van der Waals surface area (Å²) in [7, 11) is 1.52. The molecule has 3 aromatic rings. The molecule has 1 aromatic carbocycles. The molecule has 3 rings (SSSR count). The van der Waals surface area contributed by atoms with Gasteiger partial charge in [-0.3, -0.25) is 14.6 Å². The molecule has 0 saturated heterocycles. The Labute approximate surface area is 149 Å². The Balaban J connectivity index is 1.91. The van der Waals surface area contributed by atoms with Crippen LogP contribution in [-0.2, 0) is 17.8 Å². The minimum absolute atomic E-state index is 0.0244. The first-order valence-electron chi connectivity index (χ1n) is 8.01. The number of aromatic nitrogens is 3. The number of methoxy groups -OCH3 is 1. The molecule has 0 atom stereocenters. The number of carbonyl (C=O) groups is 1. The molecule has 134 valence electrons. The van der Waals surface area contributed by atoms with E-state index in [-0.39, 0.29) is 31.0 Å². The molecule has 0 unspecified atom stereocenters. The van der Waals surface area contributed by atoms with Crippen molar-refractivity contribution in [2.45, 2.75) is 13.0 Å². The monoisotopic (exact) mass is 354 g/mol. The van der Waals surface area contributed by atoms with Crippen molar-refractivity contribution in [1.82, 2.24) is 14.8 Å². The second-order valence-corrected chi connectivity index (χ2v) is 5.58. The Kier molecular flexibility index (Phi) is 5.23. The van der Waals surface area contributed by atoms with E-state index in [2.05, 4.69) is 15.4 Å². The van der Waals surface area contributed by atoms with E-state index in [1.54, 1.807) is 30.3 Å². The molecule has 1 amide bonds. The number of fused-ring (bicyclic) bond motifs is 1. The number of pyridine rings is 1. The van der Waals surface area contributed by atoms with Gasteiger partial charge in [-0.2, -0.15) is 5.10 Å². The molecular formula is C18H18N4O4. The Bertz CT molecular complexity index is 1000. The number of hydrogen-bond acceptors (Lipinski definition) is 6. The maximum atomic E-state index is 12.4. The predicted octanol–water partition coefficient (Wildman–Crippen LogP) is 0.974. The number of aliphatic hydroxyl groups excluding tert-OH is 1. The van der Waals surface area contributed by atoms with Crippen LogP contribution in [-0.4, -0.2) is 39.5 Å². The highest BCUT2D eigenvalue weighted by molar-refractivity contribution is 5.95. The number of nitrogens with zero attached hydrogens (tertiary/aromatic N) is 3. The van der Waals surface area contributed by atoms with Gasteiger partial charge < -0.3 is 15.2 Å². The average Bonchev–Trinajstić information content (AvgIpc) is 2.66. The third kappa shape index (κ3) is 3.70. The lowest BCUT2D eigenvalue weighted by molar-refractivity contribution is -0.115.